The van der Waals surface area contributed by atoms with Crippen LogP contribution in [0.25, 0.3) is 11.0 Å². The molecule has 0 saturated carbocycles. The van der Waals surface area contributed by atoms with Gasteiger partial charge in [0, 0.05) is 29.9 Å². The summed E-state index contributed by atoms with van der Waals surface area (Å²) in [6.07, 6.45) is 3.66. The number of hydrogen-bond donors (Lipinski definition) is 0. The Morgan fingerprint density at radius 3 is 2.56 bits per heavy atom. The van der Waals surface area contributed by atoms with Crippen LogP contribution in [0.3, 0.4) is 0 Å². The van der Waals surface area contributed by atoms with Crippen molar-refractivity contribution in [3.8, 4) is 0 Å². The first-order valence-corrected chi connectivity index (χ1v) is 9.61. The van der Waals surface area contributed by atoms with E-state index in [0.29, 0.717) is 12.1 Å². The molecule has 3 rings (SSSR count). The first kappa shape index (κ1) is 17.8. The van der Waals surface area contributed by atoms with E-state index >= 15 is 0 Å². The van der Waals surface area contributed by atoms with Crippen LogP contribution in [-0.4, -0.2) is 32.1 Å². The van der Waals surface area contributed by atoms with E-state index in [0.717, 1.165) is 22.3 Å². The molecule has 0 unspecified atom stereocenters. The maximum absolute atomic E-state index is 12.8. The van der Waals surface area contributed by atoms with Gasteiger partial charge in [-0.05, 0) is 63.1 Å². The van der Waals surface area contributed by atoms with Crippen molar-refractivity contribution in [1.82, 2.24) is 18.9 Å². The fourth-order valence-electron chi connectivity index (χ4n) is 2.41. The summed E-state index contributed by atoms with van der Waals surface area (Å²) in [7, 11) is -3.56. The molecule has 0 aliphatic carbocycles. The minimum absolute atomic E-state index is 0.181. The molecule has 6 nitrogen and oxygen atoms in total. The van der Waals surface area contributed by atoms with Gasteiger partial charge in [-0.3, -0.25) is 0 Å². The van der Waals surface area contributed by atoms with Crippen LogP contribution < -0.4 is 0 Å². The third-order valence-corrected chi connectivity index (χ3v) is 6.53. The van der Waals surface area contributed by atoms with Gasteiger partial charge in [-0.25, -0.2) is 27.3 Å². The Labute approximate surface area is 152 Å². The molecule has 0 amide bonds. The summed E-state index contributed by atoms with van der Waals surface area (Å²) >= 11 is 5.87. The second-order valence-electron chi connectivity index (χ2n) is 6.89. The van der Waals surface area contributed by atoms with E-state index in [1.807, 2.05) is 19.1 Å². The molecule has 0 aromatic carbocycles. The van der Waals surface area contributed by atoms with Gasteiger partial charge in [0.05, 0.1) is 10.4 Å². The van der Waals surface area contributed by atoms with Gasteiger partial charge >= 0.3 is 0 Å². The summed E-state index contributed by atoms with van der Waals surface area (Å²) in [5.74, 6) is 0. The van der Waals surface area contributed by atoms with E-state index in [9.17, 15) is 8.42 Å². The Balaban J connectivity index is 2.09. The van der Waals surface area contributed by atoms with Crippen LogP contribution in [0.1, 0.15) is 37.7 Å². The van der Waals surface area contributed by atoms with Crippen molar-refractivity contribution in [2.75, 3.05) is 0 Å². The zero-order valence-electron chi connectivity index (χ0n) is 14.5. The highest BCUT2D eigenvalue weighted by molar-refractivity contribution is 7.91. The predicted molar refractivity (Wildman–Crippen MR) is 98.4 cm³/mol. The Kier molecular flexibility index (Phi) is 4.33. The van der Waals surface area contributed by atoms with E-state index in [2.05, 4.69) is 15.0 Å². The zero-order chi connectivity index (χ0) is 18.4. The van der Waals surface area contributed by atoms with Gasteiger partial charge in [0.2, 0.25) is 15.3 Å². The van der Waals surface area contributed by atoms with Gasteiger partial charge in [0.25, 0.3) is 0 Å². The molecule has 0 radical (unpaired) electrons. The highest BCUT2D eigenvalue weighted by Gasteiger charge is 2.32. The lowest BCUT2D eigenvalue weighted by atomic mass is 10.1. The summed E-state index contributed by atoms with van der Waals surface area (Å²) in [4.78, 5) is 12.7. The first-order valence-electron chi connectivity index (χ1n) is 7.80. The van der Waals surface area contributed by atoms with Crippen molar-refractivity contribution in [2.45, 2.75) is 38.9 Å². The lowest BCUT2D eigenvalue weighted by Gasteiger charge is -2.20. The second-order valence-corrected chi connectivity index (χ2v) is 9.80. The number of rotatable bonds is 3. The number of fused-ring (bicyclic) bond motifs is 1. The lowest BCUT2D eigenvalue weighted by molar-refractivity contribution is 0.552. The van der Waals surface area contributed by atoms with Gasteiger partial charge in [-0.15, -0.1) is 0 Å². The topological polar surface area (TPSA) is 77.7 Å². The summed E-state index contributed by atoms with van der Waals surface area (Å²) in [5.41, 5.74) is 2.81. The minimum atomic E-state index is -3.56. The number of halogens is 1. The summed E-state index contributed by atoms with van der Waals surface area (Å²) in [6, 6.07) is 5.48. The number of aryl methyl sites for hydroxylation is 1. The Morgan fingerprint density at radius 1 is 1.16 bits per heavy atom. The Hall–Kier alpha value is -1.99. The first-order chi connectivity index (χ1) is 11.6. The monoisotopic (exact) mass is 378 g/mol. The molecular weight excluding hydrogens is 360 g/mol. The Bertz CT molecular complexity index is 1050. The summed E-state index contributed by atoms with van der Waals surface area (Å²) in [5, 5.41) is 0.953. The molecule has 25 heavy (non-hydrogen) atoms. The van der Waals surface area contributed by atoms with Crippen molar-refractivity contribution in [3.63, 3.8) is 0 Å². The number of pyridine rings is 1. The van der Waals surface area contributed by atoms with Crippen molar-refractivity contribution in [1.29, 1.82) is 0 Å². The van der Waals surface area contributed by atoms with Crippen molar-refractivity contribution < 1.29 is 8.42 Å². The van der Waals surface area contributed by atoms with Gasteiger partial charge in [-0.2, -0.15) is 0 Å². The van der Waals surface area contributed by atoms with Crippen LogP contribution in [0.15, 0.2) is 30.6 Å². The smallest absolute Gasteiger partial charge is 0.233 e. The van der Waals surface area contributed by atoms with E-state index in [-0.39, 0.29) is 5.28 Å². The number of hydrogen-bond acceptors (Lipinski definition) is 5. The standard InChI is InChI=1S/C17H19ClN4O2S/c1-11-10-19-16(18)21-14(11)9-13-6-5-12-7-8-22(15(12)20-13)25(23,24)17(2,3)4/h5-8,10H,9H2,1-4H3. The van der Waals surface area contributed by atoms with Crippen molar-refractivity contribution in [2.24, 2.45) is 0 Å². The maximum atomic E-state index is 12.8. The maximum Gasteiger partial charge on any atom is 0.245 e. The molecule has 0 aliphatic rings. The van der Waals surface area contributed by atoms with Gasteiger partial charge in [0.15, 0.2) is 5.65 Å². The van der Waals surface area contributed by atoms with Crippen molar-refractivity contribution >= 4 is 32.7 Å². The lowest BCUT2D eigenvalue weighted by Crippen LogP contribution is -2.33. The molecule has 0 fully saturated rings. The fraction of sp³-hybridized carbons (Fsp3) is 0.353. The van der Waals surface area contributed by atoms with E-state index in [4.69, 9.17) is 11.6 Å². The third kappa shape index (κ3) is 3.26. The largest absolute Gasteiger partial charge is 0.245 e. The molecule has 0 saturated heterocycles. The average molecular weight is 379 g/mol. The van der Waals surface area contributed by atoms with Crippen LogP contribution >= 0.6 is 11.6 Å². The van der Waals surface area contributed by atoms with E-state index in [1.165, 1.54) is 3.97 Å². The molecule has 0 N–H and O–H groups in total. The third-order valence-electron chi connectivity index (χ3n) is 3.99. The Morgan fingerprint density at radius 2 is 1.88 bits per heavy atom. The predicted octanol–water partition coefficient (Wildman–Crippen LogP) is 3.36. The summed E-state index contributed by atoms with van der Waals surface area (Å²) in [6.45, 7) is 6.91. The molecule has 0 spiro atoms. The molecule has 132 valence electrons. The summed E-state index contributed by atoms with van der Waals surface area (Å²) < 4.78 is 25.9. The minimum Gasteiger partial charge on any atom is -0.233 e. The quantitative estimate of drug-likeness (QED) is 0.653. The molecule has 0 bridgehead atoms. The molecule has 0 aliphatic heterocycles. The van der Waals surface area contributed by atoms with Crippen LogP contribution in [0.4, 0.5) is 0 Å². The number of nitrogens with zero attached hydrogens (tertiary/aromatic N) is 4. The van der Waals surface area contributed by atoms with Gasteiger partial charge in [0.1, 0.15) is 0 Å². The van der Waals surface area contributed by atoms with Gasteiger partial charge < -0.3 is 0 Å². The van der Waals surface area contributed by atoms with Crippen LogP contribution in [-0.2, 0) is 16.4 Å². The van der Waals surface area contributed by atoms with Crippen molar-refractivity contribution in [3.05, 3.63) is 52.8 Å². The van der Waals surface area contributed by atoms with Crippen LogP contribution in [0.5, 0.6) is 0 Å². The molecule has 0 atom stereocenters. The SMILES string of the molecule is Cc1cnc(Cl)nc1Cc1ccc2ccn(S(=O)(=O)C(C)(C)C)c2n1. The number of aromatic nitrogens is 4. The van der Waals surface area contributed by atoms with Crippen LogP contribution in [0.2, 0.25) is 5.28 Å². The molecule has 3 aromatic rings. The van der Waals surface area contributed by atoms with E-state index < -0.39 is 14.8 Å². The van der Waals surface area contributed by atoms with Gasteiger partial charge in [-0.1, -0.05) is 0 Å². The molecule has 3 aromatic heterocycles. The second kappa shape index (κ2) is 6.07. The average Bonchev–Trinajstić information content (AvgIpc) is 2.93. The highest BCUT2D eigenvalue weighted by Crippen LogP contribution is 2.24. The fourth-order valence-corrected chi connectivity index (χ4v) is 3.75. The van der Waals surface area contributed by atoms with Crippen LogP contribution in [0, 0.1) is 6.92 Å². The molecule has 8 heteroatoms. The zero-order valence-corrected chi connectivity index (χ0v) is 16.1. The molecule has 3 heterocycles. The van der Waals surface area contributed by atoms with E-state index in [1.54, 1.807) is 39.2 Å². The highest BCUT2D eigenvalue weighted by atomic mass is 35.5. The normalized spacial score (nSPS) is 12.7. The molecular formula is C17H19ClN4O2S.